The number of hydrogen-bond acceptors (Lipinski definition) is 8. The van der Waals surface area contributed by atoms with E-state index >= 15 is 0 Å². The van der Waals surface area contributed by atoms with E-state index in [-0.39, 0.29) is 12.5 Å². The van der Waals surface area contributed by atoms with Gasteiger partial charge in [-0.15, -0.1) is 5.10 Å². The molecule has 2 aromatic carbocycles. The lowest BCUT2D eigenvalue weighted by molar-refractivity contribution is 0.0434. The van der Waals surface area contributed by atoms with Crippen LogP contribution in [0.15, 0.2) is 60.8 Å². The molecule has 1 aliphatic rings. The molecule has 5 rings (SSSR count). The molecule has 2 aromatic heterocycles. The molecule has 36 heavy (non-hydrogen) atoms. The van der Waals surface area contributed by atoms with Crippen LogP contribution < -0.4 is 14.8 Å². The number of nitrogens with one attached hydrogen (secondary N) is 1. The first kappa shape index (κ1) is 24.1. The Bertz CT molecular complexity index is 1340. The summed E-state index contributed by atoms with van der Waals surface area (Å²) in [6.45, 7) is 2.07. The van der Waals surface area contributed by atoms with Gasteiger partial charge in [-0.05, 0) is 54.9 Å². The monoisotopic (exact) mass is 489 g/mol. The van der Waals surface area contributed by atoms with Crippen molar-refractivity contribution in [1.29, 1.82) is 0 Å². The number of aliphatic hydroxyl groups excluding tert-OH is 2. The second-order valence-electron chi connectivity index (χ2n) is 8.91. The fourth-order valence-corrected chi connectivity index (χ4v) is 4.91. The van der Waals surface area contributed by atoms with Crippen molar-refractivity contribution >= 4 is 17.2 Å². The Kier molecular flexibility index (Phi) is 7.04. The smallest absolute Gasteiger partial charge is 0.245 e. The zero-order valence-corrected chi connectivity index (χ0v) is 20.5. The van der Waals surface area contributed by atoms with Crippen LogP contribution in [0.2, 0.25) is 0 Å². The lowest BCUT2D eigenvalue weighted by Gasteiger charge is -2.36. The van der Waals surface area contributed by atoms with Crippen LogP contribution in [-0.4, -0.2) is 76.3 Å². The molecule has 3 N–H and O–H groups in total. The van der Waals surface area contributed by atoms with Gasteiger partial charge in [-0.3, -0.25) is 4.90 Å². The number of para-hydroxylation sites is 1. The molecule has 1 aliphatic heterocycles. The van der Waals surface area contributed by atoms with E-state index in [0.29, 0.717) is 24.8 Å². The first-order valence-electron chi connectivity index (χ1n) is 12.1. The number of rotatable bonds is 8. The number of aromatic nitrogens is 3. The van der Waals surface area contributed by atoms with Crippen molar-refractivity contribution in [3.05, 3.63) is 66.4 Å². The maximum Gasteiger partial charge on any atom is 0.245 e. The Labute approximate surface area is 209 Å². The summed E-state index contributed by atoms with van der Waals surface area (Å²) in [6, 6.07) is 17.7. The van der Waals surface area contributed by atoms with Crippen molar-refractivity contribution < 1.29 is 19.7 Å². The highest BCUT2D eigenvalue weighted by Gasteiger charge is 2.29. The molecule has 1 fully saturated rings. The molecule has 0 aliphatic carbocycles. The predicted molar refractivity (Wildman–Crippen MR) is 138 cm³/mol. The predicted octanol–water partition coefficient (Wildman–Crippen LogP) is 3.30. The van der Waals surface area contributed by atoms with E-state index in [1.807, 2.05) is 59.1 Å². The van der Waals surface area contributed by atoms with Gasteiger partial charge in [0.05, 0.1) is 50.0 Å². The second kappa shape index (κ2) is 10.5. The summed E-state index contributed by atoms with van der Waals surface area (Å²) < 4.78 is 13.1. The van der Waals surface area contributed by atoms with E-state index in [1.54, 1.807) is 20.4 Å². The molecule has 188 valence electrons. The maximum absolute atomic E-state index is 10.7. The minimum Gasteiger partial charge on any atom is -0.496 e. The lowest BCUT2D eigenvalue weighted by atomic mass is 9.87. The average Bonchev–Trinajstić information content (AvgIpc) is 3.32. The number of piperidine rings is 1. The Morgan fingerprint density at radius 3 is 2.67 bits per heavy atom. The minimum absolute atomic E-state index is 0.0128. The minimum atomic E-state index is -0.498. The largest absolute Gasteiger partial charge is 0.496 e. The van der Waals surface area contributed by atoms with Crippen molar-refractivity contribution in [2.45, 2.75) is 18.4 Å². The summed E-state index contributed by atoms with van der Waals surface area (Å²) >= 11 is 0. The highest BCUT2D eigenvalue weighted by Crippen LogP contribution is 2.35. The third kappa shape index (κ3) is 4.73. The van der Waals surface area contributed by atoms with Gasteiger partial charge in [-0.1, -0.05) is 18.2 Å². The van der Waals surface area contributed by atoms with Crippen molar-refractivity contribution in [3.8, 4) is 22.8 Å². The van der Waals surface area contributed by atoms with Gasteiger partial charge in [0, 0.05) is 24.6 Å². The van der Waals surface area contributed by atoms with E-state index in [0.717, 1.165) is 46.7 Å². The first-order valence-corrected chi connectivity index (χ1v) is 12.1. The van der Waals surface area contributed by atoms with Crippen molar-refractivity contribution in [3.63, 3.8) is 0 Å². The molecule has 0 amide bonds. The number of fused-ring (bicyclic) bond motifs is 1. The number of β-amino-alcohol motifs (C(OH)–C–C–N with tert-alkyl or cyclic N) is 2. The maximum atomic E-state index is 10.7. The summed E-state index contributed by atoms with van der Waals surface area (Å²) in [4.78, 5) is 6.57. The van der Waals surface area contributed by atoms with Gasteiger partial charge in [0.15, 0.2) is 0 Å². The topological polar surface area (TPSA) is 104 Å². The Morgan fingerprint density at radius 2 is 1.89 bits per heavy atom. The number of methoxy groups -OCH3 is 2. The van der Waals surface area contributed by atoms with Crippen LogP contribution in [0.4, 0.5) is 11.6 Å². The molecule has 2 atom stereocenters. The highest BCUT2D eigenvalue weighted by molar-refractivity contribution is 5.72. The fraction of sp³-hybridized carbons (Fsp3) is 0.333. The second-order valence-corrected chi connectivity index (χ2v) is 8.91. The first-order chi connectivity index (χ1) is 17.6. The highest BCUT2D eigenvalue weighted by atomic mass is 16.5. The van der Waals surface area contributed by atoms with E-state index in [9.17, 15) is 10.2 Å². The average molecular weight is 490 g/mol. The van der Waals surface area contributed by atoms with Crippen LogP contribution in [-0.2, 0) is 0 Å². The van der Waals surface area contributed by atoms with Gasteiger partial charge in [0.1, 0.15) is 11.5 Å². The van der Waals surface area contributed by atoms with Crippen LogP contribution in [0.1, 0.15) is 17.9 Å². The number of benzene rings is 2. The van der Waals surface area contributed by atoms with Gasteiger partial charge in [-0.25, -0.2) is 9.50 Å². The standard InChI is InChI=1S/C27H31N5O4/c1-35-25-6-4-3-5-21(25)23-10-8-19-16-28-27(30-32(19)23)29-22-9-7-18(15-26(22)36-2)20-11-12-31(13-14-33)17-24(20)34/h3-10,15-16,20,24,33-34H,11-14,17H2,1-2H3,(H,29,30)/t20-,24-/m0/s1. The molecule has 0 bridgehead atoms. The summed E-state index contributed by atoms with van der Waals surface area (Å²) in [5, 5.41) is 27.9. The molecule has 4 aromatic rings. The molecular weight excluding hydrogens is 458 g/mol. The van der Waals surface area contributed by atoms with Crippen molar-refractivity contribution in [2.75, 3.05) is 45.8 Å². The van der Waals surface area contributed by atoms with Crippen LogP contribution in [0.5, 0.6) is 11.5 Å². The zero-order valence-electron chi connectivity index (χ0n) is 20.5. The van der Waals surface area contributed by atoms with E-state index in [4.69, 9.17) is 14.6 Å². The third-order valence-electron chi connectivity index (χ3n) is 6.76. The zero-order chi connectivity index (χ0) is 25.1. The van der Waals surface area contributed by atoms with Gasteiger partial charge in [-0.2, -0.15) is 0 Å². The van der Waals surface area contributed by atoms with Gasteiger partial charge in [0.2, 0.25) is 5.95 Å². The van der Waals surface area contributed by atoms with E-state index in [2.05, 4.69) is 15.2 Å². The molecule has 9 heteroatoms. The van der Waals surface area contributed by atoms with Gasteiger partial charge >= 0.3 is 0 Å². The number of hydrogen-bond donors (Lipinski definition) is 3. The lowest BCUT2D eigenvalue weighted by Crippen LogP contribution is -2.43. The Hall–Kier alpha value is -3.66. The molecule has 0 radical (unpaired) electrons. The van der Waals surface area contributed by atoms with Crippen LogP contribution in [0.25, 0.3) is 16.8 Å². The summed E-state index contributed by atoms with van der Waals surface area (Å²) in [5.41, 5.74) is 4.46. The van der Waals surface area contributed by atoms with Gasteiger partial charge < -0.3 is 25.0 Å². The summed E-state index contributed by atoms with van der Waals surface area (Å²) in [6.07, 6.45) is 2.09. The molecule has 3 heterocycles. The number of ether oxygens (including phenoxy) is 2. The van der Waals surface area contributed by atoms with Crippen molar-refractivity contribution in [1.82, 2.24) is 19.5 Å². The fourth-order valence-electron chi connectivity index (χ4n) is 4.91. The normalized spacial score (nSPS) is 18.3. The number of anilines is 2. The number of likely N-dealkylation sites (tertiary alicyclic amines) is 1. The molecule has 0 spiro atoms. The van der Waals surface area contributed by atoms with Crippen LogP contribution >= 0.6 is 0 Å². The third-order valence-corrected chi connectivity index (χ3v) is 6.76. The quantitative estimate of drug-likeness (QED) is 0.346. The molecular formula is C27H31N5O4. The van der Waals surface area contributed by atoms with E-state index in [1.165, 1.54) is 0 Å². The SMILES string of the molecule is COc1cc([C@@H]2CCN(CCO)C[C@@H]2O)ccc1Nc1ncc2ccc(-c3ccccc3OC)n2n1. The molecule has 0 saturated carbocycles. The number of aliphatic hydroxyl groups is 2. The Morgan fingerprint density at radius 1 is 1.06 bits per heavy atom. The molecule has 1 saturated heterocycles. The van der Waals surface area contributed by atoms with Gasteiger partial charge in [0.25, 0.3) is 0 Å². The number of nitrogens with zero attached hydrogens (tertiary/aromatic N) is 4. The van der Waals surface area contributed by atoms with Crippen molar-refractivity contribution in [2.24, 2.45) is 0 Å². The van der Waals surface area contributed by atoms with Crippen LogP contribution in [0.3, 0.4) is 0 Å². The summed E-state index contributed by atoms with van der Waals surface area (Å²) in [7, 11) is 3.28. The summed E-state index contributed by atoms with van der Waals surface area (Å²) in [5.74, 6) is 1.86. The Balaban J connectivity index is 1.40. The van der Waals surface area contributed by atoms with Crippen LogP contribution in [0, 0.1) is 0 Å². The molecule has 9 nitrogen and oxygen atoms in total. The van der Waals surface area contributed by atoms with E-state index < -0.39 is 6.10 Å². The molecule has 0 unspecified atom stereocenters.